The fourth-order valence-corrected chi connectivity index (χ4v) is 2.04. The van der Waals surface area contributed by atoms with E-state index in [-0.39, 0.29) is 5.56 Å². The lowest BCUT2D eigenvalue weighted by atomic mass is 10.3. The summed E-state index contributed by atoms with van der Waals surface area (Å²) in [5, 5.41) is 0. The van der Waals surface area contributed by atoms with Gasteiger partial charge in [0.25, 0.3) is 5.56 Å². The fraction of sp³-hybridized carbons (Fsp3) is 0.0909. The highest BCUT2D eigenvalue weighted by atomic mass is 32.1. The molecule has 2 N–H and O–H groups in total. The summed E-state index contributed by atoms with van der Waals surface area (Å²) < 4.78 is 2.13. The smallest absolute Gasteiger partial charge is 0.277 e. The van der Waals surface area contributed by atoms with Crippen molar-refractivity contribution in [2.75, 3.05) is 0 Å². The summed E-state index contributed by atoms with van der Waals surface area (Å²) in [7, 11) is 0. The van der Waals surface area contributed by atoms with E-state index in [4.69, 9.17) is 12.2 Å². The van der Waals surface area contributed by atoms with Gasteiger partial charge in [-0.2, -0.15) is 0 Å². The molecule has 0 aliphatic rings. The van der Waals surface area contributed by atoms with Gasteiger partial charge >= 0.3 is 0 Å². The molecule has 0 atom stereocenters. The Hall–Kier alpha value is -2.28. The molecule has 0 aliphatic heterocycles. The predicted molar refractivity (Wildman–Crippen MR) is 68.9 cm³/mol. The van der Waals surface area contributed by atoms with Gasteiger partial charge in [0.1, 0.15) is 5.52 Å². The third-order valence-electron chi connectivity index (χ3n) is 2.66. The summed E-state index contributed by atoms with van der Waals surface area (Å²) in [6.45, 7) is 0.541. The molecule has 3 heterocycles. The van der Waals surface area contributed by atoms with Gasteiger partial charge in [0, 0.05) is 12.4 Å². The molecular weight excluding hydrogens is 250 g/mol. The van der Waals surface area contributed by atoms with Gasteiger partial charge < -0.3 is 4.98 Å². The molecular formula is C11H9N5OS. The average Bonchev–Trinajstić information content (AvgIpc) is 2.85. The Bertz CT molecular complexity index is 801. The van der Waals surface area contributed by atoms with Crippen LogP contribution in [0.4, 0.5) is 0 Å². The van der Waals surface area contributed by atoms with Crippen molar-refractivity contribution in [1.82, 2.24) is 24.5 Å². The van der Waals surface area contributed by atoms with Crippen LogP contribution < -0.4 is 5.56 Å². The van der Waals surface area contributed by atoms with Crippen molar-refractivity contribution in [2.24, 2.45) is 0 Å². The van der Waals surface area contributed by atoms with Crippen LogP contribution in [0.3, 0.4) is 0 Å². The first kappa shape index (κ1) is 10.8. The van der Waals surface area contributed by atoms with Crippen molar-refractivity contribution in [3.63, 3.8) is 0 Å². The highest BCUT2D eigenvalue weighted by Crippen LogP contribution is 2.08. The molecule has 0 bridgehead atoms. The number of rotatable bonds is 2. The fourth-order valence-electron chi connectivity index (χ4n) is 1.80. The molecule has 3 aromatic rings. The number of hydrogen-bond donors (Lipinski definition) is 2. The van der Waals surface area contributed by atoms with Crippen molar-refractivity contribution in [3.05, 3.63) is 51.5 Å². The first-order valence-corrected chi connectivity index (χ1v) is 5.71. The number of fused-ring (bicyclic) bond motifs is 1. The number of aromatic nitrogens is 5. The van der Waals surface area contributed by atoms with Crippen molar-refractivity contribution in [1.29, 1.82) is 0 Å². The summed E-state index contributed by atoms with van der Waals surface area (Å²) in [5.41, 5.74) is 1.77. The van der Waals surface area contributed by atoms with E-state index in [1.807, 2.05) is 12.1 Å². The van der Waals surface area contributed by atoms with E-state index in [1.54, 1.807) is 17.0 Å². The molecule has 0 aromatic carbocycles. The van der Waals surface area contributed by atoms with Crippen LogP contribution >= 0.6 is 12.2 Å². The third-order valence-corrected chi connectivity index (χ3v) is 2.98. The van der Waals surface area contributed by atoms with Gasteiger partial charge in [0.15, 0.2) is 10.4 Å². The lowest BCUT2D eigenvalue weighted by Crippen LogP contribution is -2.15. The van der Waals surface area contributed by atoms with E-state index >= 15 is 0 Å². The maximum Gasteiger partial charge on any atom is 0.277 e. The first-order chi connectivity index (χ1) is 8.75. The number of H-pyrrole nitrogens is 2. The zero-order chi connectivity index (χ0) is 12.5. The number of imidazole rings is 1. The minimum atomic E-state index is -0.251. The van der Waals surface area contributed by atoms with Gasteiger partial charge in [0.2, 0.25) is 0 Å². The topological polar surface area (TPSA) is 79.4 Å². The van der Waals surface area contributed by atoms with Crippen molar-refractivity contribution < 1.29 is 0 Å². The normalized spacial score (nSPS) is 10.9. The molecule has 0 unspecified atom stereocenters. The minimum absolute atomic E-state index is 0.251. The molecule has 0 radical (unpaired) electrons. The largest absolute Gasteiger partial charge is 0.339 e. The molecule has 0 saturated heterocycles. The van der Waals surface area contributed by atoms with Gasteiger partial charge in [-0.3, -0.25) is 19.3 Å². The molecule has 18 heavy (non-hydrogen) atoms. The van der Waals surface area contributed by atoms with E-state index in [9.17, 15) is 4.79 Å². The van der Waals surface area contributed by atoms with Crippen LogP contribution in [0.25, 0.3) is 11.2 Å². The van der Waals surface area contributed by atoms with Crippen LogP contribution in [-0.4, -0.2) is 24.5 Å². The van der Waals surface area contributed by atoms with Gasteiger partial charge in [-0.1, -0.05) is 0 Å². The van der Waals surface area contributed by atoms with E-state index in [0.717, 1.165) is 5.56 Å². The first-order valence-electron chi connectivity index (χ1n) is 5.31. The van der Waals surface area contributed by atoms with Gasteiger partial charge in [0.05, 0.1) is 12.9 Å². The zero-order valence-electron chi connectivity index (χ0n) is 9.25. The molecule has 0 aliphatic carbocycles. The van der Waals surface area contributed by atoms with E-state index < -0.39 is 0 Å². The quantitative estimate of drug-likeness (QED) is 0.678. The van der Waals surface area contributed by atoms with Crippen molar-refractivity contribution in [2.45, 2.75) is 6.54 Å². The maximum absolute atomic E-state index is 11.6. The van der Waals surface area contributed by atoms with E-state index in [2.05, 4.69) is 19.9 Å². The number of hydrogen-bond acceptors (Lipinski definition) is 4. The van der Waals surface area contributed by atoms with Crippen LogP contribution in [0.5, 0.6) is 0 Å². The second-order valence-corrected chi connectivity index (χ2v) is 4.19. The minimum Gasteiger partial charge on any atom is -0.339 e. The molecule has 90 valence electrons. The Labute approximate surface area is 106 Å². The highest BCUT2D eigenvalue weighted by molar-refractivity contribution is 7.71. The van der Waals surface area contributed by atoms with Gasteiger partial charge in [-0.05, 0) is 29.9 Å². The second kappa shape index (κ2) is 4.19. The Morgan fingerprint density at radius 1 is 1.33 bits per heavy atom. The van der Waals surface area contributed by atoms with E-state index in [0.29, 0.717) is 22.5 Å². The maximum atomic E-state index is 11.6. The van der Waals surface area contributed by atoms with Gasteiger partial charge in [-0.15, -0.1) is 0 Å². The van der Waals surface area contributed by atoms with Crippen LogP contribution in [0.15, 0.2) is 35.6 Å². The van der Waals surface area contributed by atoms with Crippen LogP contribution in [0.1, 0.15) is 5.56 Å². The molecule has 7 heteroatoms. The third kappa shape index (κ3) is 1.74. The Kier molecular flexibility index (Phi) is 2.52. The lowest BCUT2D eigenvalue weighted by molar-refractivity contribution is 0.772. The standard InChI is InChI=1S/C11H9N5OS/c17-10-8-9(14-6-13-8)16(11(18)15-10)5-7-1-3-12-4-2-7/h1-4,6H,5H2,(H,13,14)(H,15,17,18). The van der Waals surface area contributed by atoms with Crippen molar-refractivity contribution in [3.8, 4) is 0 Å². The number of nitrogens with zero attached hydrogens (tertiary/aromatic N) is 3. The predicted octanol–water partition coefficient (Wildman–Crippen LogP) is 1.23. The highest BCUT2D eigenvalue weighted by Gasteiger charge is 2.07. The SMILES string of the molecule is O=c1[nH]c(=S)n(Cc2ccncc2)c2nc[nH]c12. The molecule has 6 nitrogen and oxygen atoms in total. The molecule has 3 rings (SSSR count). The Balaban J connectivity index is 2.21. The lowest BCUT2D eigenvalue weighted by Gasteiger charge is -2.07. The number of nitrogens with one attached hydrogen (secondary N) is 2. The Morgan fingerprint density at radius 3 is 2.89 bits per heavy atom. The summed E-state index contributed by atoms with van der Waals surface area (Å²) in [6.07, 6.45) is 4.91. The molecule has 0 saturated carbocycles. The molecule has 0 amide bonds. The summed E-state index contributed by atoms with van der Waals surface area (Å²) in [6, 6.07) is 3.79. The second-order valence-electron chi connectivity index (χ2n) is 3.80. The van der Waals surface area contributed by atoms with Crippen LogP contribution in [0, 0.1) is 4.77 Å². The van der Waals surface area contributed by atoms with Crippen LogP contribution in [-0.2, 0) is 6.54 Å². The summed E-state index contributed by atoms with van der Waals surface area (Å²) in [5.74, 6) is 0. The summed E-state index contributed by atoms with van der Waals surface area (Å²) in [4.78, 5) is 25.2. The van der Waals surface area contributed by atoms with Crippen molar-refractivity contribution >= 4 is 23.4 Å². The monoisotopic (exact) mass is 259 g/mol. The van der Waals surface area contributed by atoms with Gasteiger partial charge in [-0.25, -0.2) is 4.98 Å². The van der Waals surface area contributed by atoms with Crippen LogP contribution in [0.2, 0.25) is 0 Å². The summed E-state index contributed by atoms with van der Waals surface area (Å²) >= 11 is 5.17. The number of pyridine rings is 1. The molecule has 0 spiro atoms. The molecule has 3 aromatic heterocycles. The number of aromatic amines is 2. The molecule has 0 fully saturated rings. The van der Waals surface area contributed by atoms with E-state index in [1.165, 1.54) is 6.33 Å². The average molecular weight is 259 g/mol. The zero-order valence-corrected chi connectivity index (χ0v) is 10.1. The Morgan fingerprint density at radius 2 is 2.11 bits per heavy atom.